The largest absolute Gasteiger partial charge is 0.391 e. The van der Waals surface area contributed by atoms with Gasteiger partial charge >= 0.3 is 0 Å². The summed E-state index contributed by atoms with van der Waals surface area (Å²) in [6.45, 7) is 0.234. The predicted molar refractivity (Wildman–Crippen MR) is 56.2 cm³/mol. The van der Waals surface area contributed by atoms with Gasteiger partial charge in [0.05, 0.1) is 6.61 Å². The molecule has 13 heavy (non-hydrogen) atoms. The summed E-state index contributed by atoms with van der Waals surface area (Å²) in [6, 6.07) is 8.29. The fourth-order valence-electron chi connectivity index (χ4n) is 1.37. The van der Waals surface area contributed by atoms with Gasteiger partial charge in [0.15, 0.2) is 10.6 Å². The highest BCUT2D eigenvalue weighted by Gasteiger charge is 2.25. The van der Waals surface area contributed by atoms with Crippen molar-refractivity contribution in [2.45, 2.75) is 4.90 Å². The lowest BCUT2D eigenvalue weighted by molar-refractivity contribution is 0.322. The number of hydrogen-bond acceptors (Lipinski definition) is 2. The lowest BCUT2D eigenvalue weighted by atomic mass is 10.2. The standard InChI is InChI=1S/C10H12NOS/c12-7-8-13-10-4-2-1-3-9(10)5-6-11-13/h1-6,11-12H,7-8H2/q+1. The lowest BCUT2D eigenvalue weighted by Crippen LogP contribution is -2.27. The lowest BCUT2D eigenvalue weighted by Gasteiger charge is -2.11. The Morgan fingerprint density at radius 3 is 3.00 bits per heavy atom. The third-order valence-electron chi connectivity index (χ3n) is 1.95. The molecule has 2 N–H and O–H groups in total. The van der Waals surface area contributed by atoms with Gasteiger partial charge in [0, 0.05) is 11.8 Å². The Morgan fingerprint density at radius 1 is 1.31 bits per heavy atom. The Bertz CT molecular complexity index is 324. The van der Waals surface area contributed by atoms with Gasteiger partial charge in [-0.25, -0.2) is 4.72 Å². The minimum atomic E-state index is -0.00642. The zero-order valence-corrected chi connectivity index (χ0v) is 8.05. The Kier molecular flexibility index (Phi) is 2.57. The molecular weight excluding hydrogens is 182 g/mol. The third-order valence-corrected chi connectivity index (χ3v) is 3.87. The smallest absolute Gasteiger partial charge is 0.188 e. The van der Waals surface area contributed by atoms with Gasteiger partial charge in [-0.3, -0.25) is 0 Å². The molecule has 2 rings (SSSR count). The van der Waals surface area contributed by atoms with Crippen LogP contribution < -0.4 is 4.72 Å². The van der Waals surface area contributed by atoms with Crippen LogP contribution >= 0.6 is 0 Å². The molecule has 2 nitrogen and oxygen atoms in total. The summed E-state index contributed by atoms with van der Waals surface area (Å²) >= 11 is -0.00642. The van der Waals surface area contributed by atoms with E-state index in [2.05, 4.69) is 22.9 Å². The molecule has 0 fully saturated rings. The topological polar surface area (TPSA) is 32.3 Å². The summed E-state index contributed by atoms with van der Waals surface area (Å²) in [6.07, 6.45) is 4.03. The molecule has 68 valence electrons. The molecule has 0 spiro atoms. The molecule has 0 aliphatic carbocycles. The van der Waals surface area contributed by atoms with Crippen molar-refractivity contribution in [3.05, 3.63) is 36.0 Å². The monoisotopic (exact) mass is 194 g/mol. The molecule has 1 atom stereocenters. The molecule has 1 heterocycles. The molecule has 0 bridgehead atoms. The Morgan fingerprint density at radius 2 is 2.15 bits per heavy atom. The van der Waals surface area contributed by atoms with Crippen LogP contribution in [0.15, 0.2) is 35.4 Å². The van der Waals surface area contributed by atoms with E-state index in [-0.39, 0.29) is 17.7 Å². The molecule has 1 unspecified atom stereocenters. The van der Waals surface area contributed by atoms with E-state index in [9.17, 15) is 0 Å². The van der Waals surface area contributed by atoms with Gasteiger partial charge in [0.1, 0.15) is 11.1 Å². The first kappa shape index (κ1) is 8.66. The van der Waals surface area contributed by atoms with E-state index >= 15 is 0 Å². The maximum Gasteiger partial charge on any atom is 0.188 e. The van der Waals surface area contributed by atoms with Gasteiger partial charge in [-0.05, 0) is 18.2 Å². The number of benzene rings is 1. The summed E-state index contributed by atoms with van der Waals surface area (Å²) in [4.78, 5) is 1.30. The number of hydrogen-bond donors (Lipinski definition) is 2. The van der Waals surface area contributed by atoms with E-state index in [0.29, 0.717) is 0 Å². The van der Waals surface area contributed by atoms with E-state index < -0.39 is 0 Å². The predicted octanol–water partition coefficient (Wildman–Crippen LogP) is 1.15. The second-order valence-electron chi connectivity index (χ2n) is 2.81. The SMILES string of the molecule is OCC[S+]1NC=Cc2ccccc21. The van der Waals surface area contributed by atoms with Gasteiger partial charge in [0.2, 0.25) is 0 Å². The Hall–Kier alpha value is -0.930. The molecule has 1 aromatic rings. The minimum absolute atomic E-state index is 0.00642. The van der Waals surface area contributed by atoms with Crippen molar-refractivity contribution in [2.24, 2.45) is 0 Å². The van der Waals surface area contributed by atoms with Crippen LogP contribution in [0.4, 0.5) is 0 Å². The summed E-state index contributed by atoms with van der Waals surface area (Å²) < 4.78 is 3.26. The molecule has 0 amide bonds. The number of fused-ring (bicyclic) bond motifs is 1. The number of aliphatic hydroxyl groups excluding tert-OH is 1. The first-order valence-corrected chi connectivity index (χ1v) is 5.65. The fourth-order valence-corrected chi connectivity index (χ4v) is 2.92. The average molecular weight is 194 g/mol. The molecule has 1 aromatic carbocycles. The molecule has 0 saturated carbocycles. The Balaban J connectivity index is 2.32. The molecule has 0 aromatic heterocycles. The van der Waals surface area contributed by atoms with Crippen LogP contribution in [0, 0.1) is 0 Å². The van der Waals surface area contributed by atoms with E-state index in [1.54, 1.807) is 0 Å². The zero-order valence-electron chi connectivity index (χ0n) is 7.23. The van der Waals surface area contributed by atoms with Crippen LogP contribution in [0.25, 0.3) is 6.08 Å². The highest BCUT2D eigenvalue weighted by Crippen LogP contribution is 2.21. The van der Waals surface area contributed by atoms with Crippen LogP contribution in [0.5, 0.6) is 0 Å². The van der Waals surface area contributed by atoms with Crippen molar-refractivity contribution in [1.82, 2.24) is 4.72 Å². The first-order chi connectivity index (χ1) is 6.42. The van der Waals surface area contributed by atoms with Gasteiger partial charge in [-0.1, -0.05) is 12.1 Å². The van der Waals surface area contributed by atoms with Crippen molar-refractivity contribution >= 4 is 17.2 Å². The van der Waals surface area contributed by atoms with Crippen molar-refractivity contribution in [3.8, 4) is 0 Å². The molecule has 1 aliphatic heterocycles. The molecular formula is C10H12NOS+. The summed E-state index contributed by atoms with van der Waals surface area (Å²) in [7, 11) is 0. The first-order valence-electron chi connectivity index (χ1n) is 4.25. The van der Waals surface area contributed by atoms with E-state index in [0.717, 1.165) is 5.75 Å². The van der Waals surface area contributed by atoms with E-state index in [1.165, 1.54) is 10.5 Å². The number of aliphatic hydroxyl groups is 1. The average Bonchev–Trinajstić information content (AvgIpc) is 2.19. The highest BCUT2D eigenvalue weighted by atomic mass is 32.2. The van der Waals surface area contributed by atoms with Gasteiger partial charge in [-0.2, -0.15) is 0 Å². The van der Waals surface area contributed by atoms with Crippen LogP contribution in [-0.2, 0) is 11.1 Å². The highest BCUT2D eigenvalue weighted by molar-refractivity contribution is 7.95. The second kappa shape index (κ2) is 3.85. The van der Waals surface area contributed by atoms with Crippen LogP contribution in [0.1, 0.15) is 5.56 Å². The maximum absolute atomic E-state index is 8.89. The molecule has 0 radical (unpaired) electrons. The van der Waals surface area contributed by atoms with Crippen molar-refractivity contribution in [1.29, 1.82) is 0 Å². The second-order valence-corrected chi connectivity index (χ2v) is 4.67. The maximum atomic E-state index is 8.89. The quantitative estimate of drug-likeness (QED) is 0.692. The fraction of sp³-hybridized carbons (Fsp3) is 0.200. The van der Waals surface area contributed by atoms with Crippen molar-refractivity contribution in [2.75, 3.05) is 12.4 Å². The number of nitrogens with one attached hydrogen (secondary N) is 1. The van der Waals surface area contributed by atoms with Crippen LogP contribution in [0.3, 0.4) is 0 Å². The van der Waals surface area contributed by atoms with Gasteiger partial charge in [-0.15, -0.1) is 0 Å². The number of rotatable bonds is 2. The summed E-state index contributed by atoms with van der Waals surface area (Å²) in [5.41, 5.74) is 1.26. The van der Waals surface area contributed by atoms with Crippen LogP contribution in [0.2, 0.25) is 0 Å². The Labute approximate surface area is 80.8 Å². The van der Waals surface area contributed by atoms with Gasteiger partial charge in [0.25, 0.3) is 0 Å². The van der Waals surface area contributed by atoms with Crippen molar-refractivity contribution in [3.63, 3.8) is 0 Å². The molecule has 3 heteroatoms. The zero-order chi connectivity index (χ0) is 9.10. The van der Waals surface area contributed by atoms with E-state index in [4.69, 9.17) is 5.11 Å². The molecule has 0 saturated heterocycles. The van der Waals surface area contributed by atoms with Crippen LogP contribution in [-0.4, -0.2) is 17.5 Å². The summed E-state index contributed by atoms with van der Waals surface area (Å²) in [5, 5.41) is 8.89. The summed E-state index contributed by atoms with van der Waals surface area (Å²) in [5.74, 6) is 0.793. The molecule has 1 aliphatic rings. The minimum Gasteiger partial charge on any atom is -0.391 e. The van der Waals surface area contributed by atoms with Gasteiger partial charge < -0.3 is 5.11 Å². The van der Waals surface area contributed by atoms with Crippen molar-refractivity contribution < 1.29 is 5.11 Å². The third kappa shape index (κ3) is 1.71. The normalized spacial score (nSPS) is 19.3. The van der Waals surface area contributed by atoms with E-state index in [1.807, 2.05) is 18.3 Å².